The minimum Gasteiger partial charge on any atom is -0.377 e. The smallest absolute Gasteiger partial charge is 0.191 e. The zero-order chi connectivity index (χ0) is 16.5. The van der Waals surface area contributed by atoms with E-state index in [0.717, 1.165) is 44.5 Å². The van der Waals surface area contributed by atoms with Gasteiger partial charge in [-0.1, -0.05) is 50.7 Å². The first kappa shape index (κ1) is 18.3. The van der Waals surface area contributed by atoms with Crippen molar-refractivity contribution in [3.8, 4) is 0 Å². The van der Waals surface area contributed by atoms with Gasteiger partial charge in [0, 0.05) is 19.6 Å². The summed E-state index contributed by atoms with van der Waals surface area (Å²) in [5.74, 6) is 2.51. The van der Waals surface area contributed by atoms with E-state index in [1.807, 2.05) is 7.05 Å². The highest BCUT2D eigenvalue weighted by molar-refractivity contribution is 5.79. The van der Waals surface area contributed by atoms with Crippen LogP contribution in [0.1, 0.15) is 58.8 Å². The lowest BCUT2D eigenvalue weighted by atomic mass is 9.78. The topological polar surface area (TPSA) is 45.7 Å². The molecule has 2 N–H and O–H groups in total. The number of ether oxygens (including phenoxy) is 1. The lowest BCUT2D eigenvalue weighted by Crippen LogP contribution is -2.46. The molecule has 0 spiro atoms. The summed E-state index contributed by atoms with van der Waals surface area (Å²) >= 11 is 0. The molecule has 1 aliphatic carbocycles. The van der Waals surface area contributed by atoms with Crippen molar-refractivity contribution in [1.29, 1.82) is 0 Å². The molecule has 0 saturated heterocycles. The second-order valence-electron chi connectivity index (χ2n) is 7.13. The maximum Gasteiger partial charge on any atom is 0.191 e. The van der Waals surface area contributed by atoms with Gasteiger partial charge in [-0.3, -0.25) is 4.99 Å². The monoisotopic (exact) mass is 321 g/mol. The molecule has 1 fully saturated rings. The molecule has 2 rings (SSSR count). The third-order valence-electron chi connectivity index (χ3n) is 5.57. The molecule has 4 nitrogen and oxygen atoms in total. The lowest BCUT2D eigenvalue weighted by molar-refractivity contribution is 0.153. The predicted octanol–water partition coefficient (Wildman–Crippen LogP) is 3.49. The average Bonchev–Trinajstić information content (AvgIpc) is 2.61. The number of aliphatic imine (C=N–C) groups is 1. The molecule has 0 aromatic carbocycles. The fourth-order valence-corrected chi connectivity index (χ4v) is 3.74. The molecule has 132 valence electrons. The van der Waals surface area contributed by atoms with Gasteiger partial charge < -0.3 is 15.4 Å². The highest BCUT2D eigenvalue weighted by atomic mass is 16.5. The van der Waals surface area contributed by atoms with E-state index < -0.39 is 0 Å². The van der Waals surface area contributed by atoms with Crippen LogP contribution in [-0.2, 0) is 4.74 Å². The van der Waals surface area contributed by atoms with Crippen LogP contribution in [0.3, 0.4) is 0 Å². The van der Waals surface area contributed by atoms with Gasteiger partial charge in [0.05, 0.1) is 13.2 Å². The van der Waals surface area contributed by atoms with Crippen molar-refractivity contribution in [2.24, 2.45) is 16.8 Å². The van der Waals surface area contributed by atoms with Crippen LogP contribution in [0.4, 0.5) is 0 Å². The van der Waals surface area contributed by atoms with Crippen molar-refractivity contribution in [2.75, 3.05) is 26.8 Å². The highest BCUT2D eigenvalue weighted by Gasteiger charge is 2.24. The summed E-state index contributed by atoms with van der Waals surface area (Å²) in [4.78, 5) is 4.39. The minimum atomic E-state index is 0.464. The Hall–Kier alpha value is -1.03. The molecular weight excluding hydrogens is 286 g/mol. The number of guanidine groups is 1. The number of rotatable bonds is 6. The molecule has 2 atom stereocenters. The Balaban J connectivity index is 1.71. The van der Waals surface area contributed by atoms with Gasteiger partial charge in [-0.15, -0.1) is 0 Å². The van der Waals surface area contributed by atoms with E-state index in [1.165, 1.54) is 37.7 Å². The Morgan fingerprint density at radius 1 is 1.30 bits per heavy atom. The summed E-state index contributed by atoms with van der Waals surface area (Å²) in [5, 5.41) is 7.06. The first-order valence-electron chi connectivity index (χ1n) is 9.43. The zero-order valence-electron chi connectivity index (χ0n) is 15.2. The number of nitrogens with zero attached hydrogens (tertiary/aromatic N) is 1. The maximum atomic E-state index is 5.35. The van der Waals surface area contributed by atoms with Crippen molar-refractivity contribution in [3.63, 3.8) is 0 Å². The quantitative estimate of drug-likeness (QED) is 0.447. The fourth-order valence-electron chi connectivity index (χ4n) is 3.74. The van der Waals surface area contributed by atoms with Crippen molar-refractivity contribution in [3.05, 3.63) is 11.6 Å². The van der Waals surface area contributed by atoms with Crippen LogP contribution in [-0.4, -0.2) is 38.8 Å². The van der Waals surface area contributed by atoms with Crippen LogP contribution >= 0.6 is 0 Å². The summed E-state index contributed by atoms with van der Waals surface area (Å²) in [5.41, 5.74) is 1.50. The molecule has 0 aromatic rings. The number of hydrogen-bond donors (Lipinski definition) is 2. The molecule has 0 radical (unpaired) electrons. The largest absolute Gasteiger partial charge is 0.377 e. The molecule has 0 amide bonds. The molecule has 0 aromatic heterocycles. The molecular formula is C19H35N3O. The minimum absolute atomic E-state index is 0.464. The van der Waals surface area contributed by atoms with Gasteiger partial charge >= 0.3 is 0 Å². The van der Waals surface area contributed by atoms with Crippen molar-refractivity contribution < 1.29 is 4.74 Å². The normalized spacial score (nSPS) is 23.1. The van der Waals surface area contributed by atoms with Crippen LogP contribution in [0.15, 0.2) is 16.6 Å². The van der Waals surface area contributed by atoms with E-state index in [4.69, 9.17) is 4.74 Å². The predicted molar refractivity (Wildman–Crippen MR) is 97.8 cm³/mol. The van der Waals surface area contributed by atoms with E-state index >= 15 is 0 Å². The molecule has 2 aliphatic rings. The van der Waals surface area contributed by atoms with Crippen molar-refractivity contribution in [1.82, 2.24) is 10.6 Å². The van der Waals surface area contributed by atoms with Crippen LogP contribution in [0, 0.1) is 11.8 Å². The van der Waals surface area contributed by atoms with E-state index in [-0.39, 0.29) is 0 Å². The van der Waals surface area contributed by atoms with E-state index in [2.05, 4.69) is 35.5 Å². The van der Waals surface area contributed by atoms with E-state index in [9.17, 15) is 0 Å². The Kier molecular flexibility index (Phi) is 7.93. The number of nitrogens with one attached hydrogen (secondary N) is 2. The summed E-state index contributed by atoms with van der Waals surface area (Å²) in [7, 11) is 1.86. The van der Waals surface area contributed by atoms with Crippen LogP contribution in [0.2, 0.25) is 0 Å². The van der Waals surface area contributed by atoms with E-state index in [1.54, 1.807) is 0 Å². The second kappa shape index (κ2) is 9.96. The Labute approximate surface area is 142 Å². The lowest BCUT2D eigenvalue weighted by Gasteiger charge is -2.33. The molecule has 1 aliphatic heterocycles. The fraction of sp³-hybridized carbons (Fsp3) is 0.842. The molecule has 1 saturated carbocycles. The number of hydrogen-bond acceptors (Lipinski definition) is 2. The van der Waals surface area contributed by atoms with Crippen LogP contribution in [0.5, 0.6) is 0 Å². The zero-order valence-corrected chi connectivity index (χ0v) is 15.2. The first-order valence-corrected chi connectivity index (χ1v) is 9.43. The third kappa shape index (κ3) is 6.17. The van der Waals surface area contributed by atoms with Crippen molar-refractivity contribution >= 4 is 5.96 Å². The van der Waals surface area contributed by atoms with Gasteiger partial charge in [0.1, 0.15) is 0 Å². The summed E-state index contributed by atoms with van der Waals surface area (Å²) in [6, 6.07) is 0.464. The van der Waals surface area contributed by atoms with Gasteiger partial charge in [0.25, 0.3) is 0 Å². The summed E-state index contributed by atoms with van der Waals surface area (Å²) < 4.78 is 5.35. The van der Waals surface area contributed by atoms with Gasteiger partial charge in [0.2, 0.25) is 0 Å². The Morgan fingerprint density at radius 3 is 2.74 bits per heavy atom. The average molecular weight is 322 g/mol. The Morgan fingerprint density at radius 2 is 2.09 bits per heavy atom. The molecule has 23 heavy (non-hydrogen) atoms. The van der Waals surface area contributed by atoms with E-state index in [0.29, 0.717) is 12.0 Å². The van der Waals surface area contributed by atoms with Crippen LogP contribution < -0.4 is 10.6 Å². The maximum absolute atomic E-state index is 5.35. The van der Waals surface area contributed by atoms with Gasteiger partial charge in [-0.2, -0.15) is 0 Å². The van der Waals surface area contributed by atoms with Gasteiger partial charge in [-0.05, 0) is 31.6 Å². The van der Waals surface area contributed by atoms with Gasteiger partial charge in [0.15, 0.2) is 5.96 Å². The van der Waals surface area contributed by atoms with Gasteiger partial charge in [-0.25, -0.2) is 0 Å². The molecule has 1 heterocycles. The van der Waals surface area contributed by atoms with Crippen LogP contribution in [0.25, 0.3) is 0 Å². The molecule has 4 heteroatoms. The third-order valence-corrected chi connectivity index (χ3v) is 5.57. The van der Waals surface area contributed by atoms with Crippen molar-refractivity contribution in [2.45, 2.75) is 64.8 Å². The standard InChI is InChI=1S/C19H35N3O/c1-15(18-7-5-4-6-8-18)16(2)22-19(20-3)21-12-9-17-10-13-23-14-11-17/h10,15-16,18H,4-9,11-14H2,1-3H3,(H2,20,21,22). The first-order chi connectivity index (χ1) is 11.2. The second-order valence-corrected chi connectivity index (χ2v) is 7.13. The molecule has 0 bridgehead atoms. The summed E-state index contributed by atoms with van der Waals surface area (Å²) in [6.45, 7) is 7.28. The Bertz CT molecular complexity index is 399. The highest BCUT2D eigenvalue weighted by Crippen LogP contribution is 2.31. The SMILES string of the molecule is CN=C(NCCC1=CCOCC1)NC(C)C(C)C1CCCCC1. The molecule has 2 unspecified atom stereocenters. The summed E-state index contributed by atoms with van der Waals surface area (Å²) in [6.07, 6.45) is 11.4.